The Hall–Kier alpha value is -1.58. The summed E-state index contributed by atoms with van der Waals surface area (Å²) in [5.41, 5.74) is 1.02. The number of amides is 1. The summed E-state index contributed by atoms with van der Waals surface area (Å²) in [6.45, 7) is 0.406. The molecule has 1 fully saturated rings. The first-order valence-electron chi connectivity index (χ1n) is 3.69. The Morgan fingerprint density at radius 2 is 2.25 bits per heavy atom. The smallest absolute Gasteiger partial charge is 0.407 e. The fraction of sp³-hybridized carbons (Fsp3) is 0.250. The Kier molecular flexibility index (Phi) is 1.66. The number of cyclic esters (lactones) is 1. The average Bonchev–Trinajstić information content (AvgIpc) is 2.54. The zero-order valence-corrected chi connectivity index (χ0v) is 6.36. The van der Waals surface area contributed by atoms with Crippen molar-refractivity contribution in [1.82, 2.24) is 10.3 Å². The summed E-state index contributed by atoms with van der Waals surface area (Å²) in [5.74, 6) is 0. The van der Waals surface area contributed by atoms with Gasteiger partial charge in [0.05, 0.1) is 6.04 Å². The van der Waals surface area contributed by atoms with Crippen molar-refractivity contribution in [3.8, 4) is 0 Å². The number of nitrogens with one attached hydrogen (secondary N) is 1. The molecule has 1 aromatic heterocycles. The zero-order valence-electron chi connectivity index (χ0n) is 6.36. The third-order valence-electron chi connectivity index (χ3n) is 1.78. The molecule has 2 heterocycles. The highest BCUT2D eigenvalue weighted by Gasteiger charge is 2.23. The highest BCUT2D eigenvalue weighted by atomic mass is 16.6. The second kappa shape index (κ2) is 2.81. The predicted molar refractivity (Wildman–Crippen MR) is 41.5 cm³/mol. The van der Waals surface area contributed by atoms with Crippen LogP contribution in [-0.2, 0) is 4.74 Å². The molecule has 4 nitrogen and oxygen atoms in total. The Morgan fingerprint density at radius 3 is 2.83 bits per heavy atom. The molecule has 62 valence electrons. The topological polar surface area (TPSA) is 51.2 Å². The van der Waals surface area contributed by atoms with Gasteiger partial charge in [0.2, 0.25) is 0 Å². The molecule has 1 aliphatic rings. The van der Waals surface area contributed by atoms with Crippen molar-refractivity contribution in [3.05, 3.63) is 30.1 Å². The molecule has 0 aromatic carbocycles. The summed E-state index contributed by atoms with van der Waals surface area (Å²) in [7, 11) is 0. The maximum absolute atomic E-state index is 10.7. The molecule has 0 bridgehead atoms. The van der Waals surface area contributed by atoms with E-state index in [4.69, 9.17) is 4.74 Å². The fourth-order valence-corrected chi connectivity index (χ4v) is 1.16. The minimum atomic E-state index is -0.350. The van der Waals surface area contributed by atoms with Crippen LogP contribution in [-0.4, -0.2) is 17.7 Å². The van der Waals surface area contributed by atoms with E-state index in [0.29, 0.717) is 6.61 Å². The minimum Gasteiger partial charge on any atom is -0.447 e. The van der Waals surface area contributed by atoms with Crippen LogP contribution < -0.4 is 5.32 Å². The Balaban J connectivity index is 2.16. The standard InChI is InChI=1S/C8H8N2O2/c11-8-10-7(5-12-8)6-1-3-9-4-2-6/h1-4,7H,5H2,(H,10,11). The predicted octanol–water partition coefficient (Wildman–Crippen LogP) is 0.863. The monoisotopic (exact) mass is 164 g/mol. The van der Waals surface area contributed by atoms with Crippen molar-refractivity contribution in [1.29, 1.82) is 0 Å². The maximum atomic E-state index is 10.7. The van der Waals surface area contributed by atoms with Crippen LogP contribution in [0.15, 0.2) is 24.5 Å². The molecule has 0 aliphatic carbocycles. The highest BCUT2D eigenvalue weighted by molar-refractivity contribution is 5.70. The molecule has 0 spiro atoms. The van der Waals surface area contributed by atoms with Crippen molar-refractivity contribution in [2.24, 2.45) is 0 Å². The first-order valence-corrected chi connectivity index (χ1v) is 3.69. The van der Waals surface area contributed by atoms with Gasteiger partial charge in [-0.1, -0.05) is 0 Å². The van der Waals surface area contributed by atoms with E-state index in [1.165, 1.54) is 0 Å². The van der Waals surface area contributed by atoms with Crippen LogP contribution in [0.25, 0.3) is 0 Å². The fourth-order valence-electron chi connectivity index (χ4n) is 1.16. The van der Waals surface area contributed by atoms with Crippen LogP contribution in [0.2, 0.25) is 0 Å². The molecule has 0 saturated carbocycles. The van der Waals surface area contributed by atoms with Crippen LogP contribution in [0.1, 0.15) is 11.6 Å². The van der Waals surface area contributed by atoms with Gasteiger partial charge in [-0.15, -0.1) is 0 Å². The SMILES string of the molecule is O=C1NC(c2ccncc2)CO1. The van der Waals surface area contributed by atoms with E-state index in [1.807, 2.05) is 12.1 Å². The molecule has 1 amide bonds. The Bertz CT molecular complexity index is 286. The third-order valence-corrected chi connectivity index (χ3v) is 1.78. The molecule has 1 aliphatic heterocycles. The molecule has 1 aromatic rings. The summed E-state index contributed by atoms with van der Waals surface area (Å²) >= 11 is 0. The maximum Gasteiger partial charge on any atom is 0.407 e. The summed E-state index contributed by atoms with van der Waals surface area (Å²) in [6.07, 6.45) is 3.04. The summed E-state index contributed by atoms with van der Waals surface area (Å²) in [4.78, 5) is 14.6. The molecular formula is C8H8N2O2. The molecule has 2 rings (SSSR count). The van der Waals surface area contributed by atoms with Crippen molar-refractivity contribution in [2.45, 2.75) is 6.04 Å². The van der Waals surface area contributed by atoms with Crippen molar-refractivity contribution in [2.75, 3.05) is 6.61 Å². The number of carbonyl (C=O) groups is 1. The first-order chi connectivity index (χ1) is 5.86. The second-order valence-electron chi connectivity index (χ2n) is 2.58. The molecule has 1 saturated heterocycles. The Morgan fingerprint density at radius 1 is 1.50 bits per heavy atom. The number of rotatable bonds is 1. The van der Waals surface area contributed by atoms with E-state index in [1.54, 1.807) is 12.4 Å². The van der Waals surface area contributed by atoms with Crippen LogP contribution >= 0.6 is 0 Å². The van der Waals surface area contributed by atoms with Crippen molar-refractivity contribution in [3.63, 3.8) is 0 Å². The number of alkyl carbamates (subject to hydrolysis) is 1. The molecule has 1 N–H and O–H groups in total. The number of hydrogen-bond acceptors (Lipinski definition) is 3. The third kappa shape index (κ3) is 1.23. The number of ether oxygens (including phenoxy) is 1. The molecule has 12 heavy (non-hydrogen) atoms. The normalized spacial score (nSPS) is 21.7. The zero-order chi connectivity index (χ0) is 8.39. The molecule has 1 atom stereocenters. The van der Waals surface area contributed by atoms with Gasteiger partial charge >= 0.3 is 6.09 Å². The summed E-state index contributed by atoms with van der Waals surface area (Å²) < 4.78 is 4.75. The van der Waals surface area contributed by atoms with Gasteiger partial charge in [0, 0.05) is 12.4 Å². The van der Waals surface area contributed by atoms with E-state index >= 15 is 0 Å². The lowest BCUT2D eigenvalue weighted by molar-refractivity contribution is 0.177. The van der Waals surface area contributed by atoms with Gasteiger partial charge < -0.3 is 10.1 Å². The number of aromatic nitrogens is 1. The molecule has 0 radical (unpaired) electrons. The van der Waals surface area contributed by atoms with E-state index < -0.39 is 0 Å². The number of hydrogen-bond donors (Lipinski definition) is 1. The number of nitrogens with zero attached hydrogens (tertiary/aromatic N) is 1. The molecule has 4 heteroatoms. The lowest BCUT2D eigenvalue weighted by Gasteiger charge is -2.05. The second-order valence-corrected chi connectivity index (χ2v) is 2.58. The van der Waals surface area contributed by atoms with E-state index in [0.717, 1.165) is 5.56 Å². The Labute approximate surface area is 69.6 Å². The summed E-state index contributed by atoms with van der Waals surface area (Å²) in [6, 6.07) is 3.71. The van der Waals surface area contributed by atoms with Gasteiger partial charge in [-0.05, 0) is 17.7 Å². The number of carbonyl (C=O) groups excluding carboxylic acids is 1. The largest absolute Gasteiger partial charge is 0.447 e. The lowest BCUT2D eigenvalue weighted by atomic mass is 10.1. The first kappa shape index (κ1) is 7.09. The van der Waals surface area contributed by atoms with Gasteiger partial charge in [-0.2, -0.15) is 0 Å². The lowest BCUT2D eigenvalue weighted by Crippen LogP contribution is -2.18. The minimum absolute atomic E-state index is 0.0134. The van der Waals surface area contributed by atoms with Crippen molar-refractivity contribution < 1.29 is 9.53 Å². The quantitative estimate of drug-likeness (QED) is 0.669. The van der Waals surface area contributed by atoms with Gasteiger partial charge in [-0.25, -0.2) is 4.79 Å². The van der Waals surface area contributed by atoms with Crippen LogP contribution in [0.3, 0.4) is 0 Å². The summed E-state index contributed by atoms with van der Waals surface area (Å²) in [5, 5.41) is 2.68. The molecule has 1 unspecified atom stereocenters. The van der Waals surface area contributed by atoms with Gasteiger partial charge in [0.15, 0.2) is 0 Å². The van der Waals surface area contributed by atoms with Crippen LogP contribution in [0, 0.1) is 0 Å². The number of pyridine rings is 1. The highest BCUT2D eigenvalue weighted by Crippen LogP contribution is 2.16. The van der Waals surface area contributed by atoms with Crippen LogP contribution in [0.4, 0.5) is 4.79 Å². The van der Waals surface area contributed by atoms with Gasteiger partial charge in [0.1, 0.15) is 6.61 Å². The van der Waals surface area contributed by atoms with Crippen molar-refractivity contribution >= 4 is 6.09 Å². The average molecular weight is 164 g/mol. The van der Waals surface area contributed by atoms with E-state index in [9.17, 15) is 4.79 Å². The van der Waals surface area contributed by atoms with Crippen LogP contribution in [0.5, 0.6) is 0 Å². The van der Waals surface area contributed by atoms with E-state index in [2.05, 4.69) is 10.3 Å². The van der Waals surface area contributed by atoms with E-state index in [-0.39, 0.29) is 12.1 Å². The van der Waals surface area contributed by atoms with Gasteiger partial charge in [-0.3, -0.25) is 4.98 Å². The molecular weight excluding hydrogens is 156 g/mol. The van der Waals surface area contributed by atoms with Gasteiger partial charge in [0.25, 0.3) is 0 Å².